The lowest BCUT2D eigenvalue weighted by atomic mass is 10.1. The molecule has 3 aromatic rings. The van der Waals surface area contributed by atoms with Crippen molar-refractivity contribution in [2.45, 2.75) is 57.1 Å². The molecular formula is C30H36BrN3O5S. The van der Waals surface area contributed by atoms with E-state index in [1.165, 1.54) is 17.0 Å². The fraction of sp³-hybridized carbons (Fsp3) is 0.333. The molecule has 0 fully saturated rings. The number of carbonyl (C=O) groups is 2. The summed E-state index contributed by atoms with van der Waals surface area (Å²) < 4.78 is 34.7. The molecule has 0 unspecified atom stereocenters. The first-order chi connectivity index (χ1) is 19.1. The van der Waals surface area contributed by atoms with E-state index in [0.29, 0.717) is 22.3 Å². The highest BCUT2D eigenvalue weighted by atomic mass is 79.9. The molecule has 40 heavy (non-hydrogen) atoms. The van der Waals surface area contributed by atoms with E-state index >= 15 is 0 Å². The number of sulfonamides is 1. The molecule has 0 heterocycles. The zero-order valence-electron chi connectivity index (χ0n) is 23.2. The van der Waals surface area contributed by atoms with Crippen LogP contribution in [0.2, 0.25) is 0 Å². The van der Waals surface area contributed by atoms with E-state index in [4.69, 9.17) is 4.74 Å². The molecule has 8 nitrogen and oxygen atoms in total. The van der Waals surface area contributed by atoms with Gasteiger partial charge in [0.25, 0.3) is 10.0 Å². The highest BCUT2D eigenvalue weighted by Gasteiger charge is 2.34. The van der Waals surface area contributed by atoms with E-state index in [2.05, 4.69) is 21.2 Å². The third-order valence-corrected chi connectivity index (χ3v) is 8.89. The lowest BCUT2D eigenvalue weighted by Crippen LogP contribution is -2.53. The first kappa shape index (κ1) is 31.2. The van der Waals surface area contributed by atoms with E-state index < -0.39 is 28.5 Å². The van der Waals surface area contributed by atoms with Gasteiger partial charge in [0.15, 0.2) is 0 Å². The molecule has 214 valence electrons. The molecule has 0 spiro atoms. The van der Waals surface area contributed by atoms with Gasteiger partial charge in [-0.05, 0) is 67.8 Å². The third-order valence-electron chi connectivity index (χ3n) is 6.61. The standard InChI is InChI=1S/C30H36BrN3O5S/c1-5-22(3)32-30(36)28(6-2)33(20-23-15-17-26(39-4)18-16-23)29(35)21-34(25-12-10-11-24(31)19-25)40(37,38)27-13-8-7-9-14-27/h7-19,22,28H,5-6,20-21H2,1-4H3,(H,32,36)/t22-,28+/m0/s1. The van der Waals surface area contributed by atoms with Crippen molar-refractivity contribution in [1.29, 1.82) is 0 Å². The molecule has 3 aromatic carbocycles. The molecule has 10 heteroatoms. The number of hydrogen-bond acceptors (Lipinski definition) is 5. The van der Waals surface area contributed by atoms with Crippen LogP contribution in [0.3, 0.4) is 0 Å². The number of nitrogens with one attached hydrogen (secondary N) is 1. The summed E-state index contributed by atoms with van der Waals surface area (Å²) in [5.41, 5.74) is 1.11. The van der Waals surface area contributed by atoms with Crippen LogP contribution in [0.25, 0.3) is 0 Å². The Bertz CT molecular complexity index is 1380. The molecule has 0 aliphatic heterocycles. The zero-order chi connectivity index (χ0) is 29.3. The van der Waals surface area contributed by atoms with Gasteiger partial charge in [-0.15, -0.1) is 0 Å². The summed E-state index contributed by atoms with van der Waals surface area (Å²) in [5.74, 6) is -0.113. The second-order valence-electron chi connectivity index (χ2n) is 9.42. The summed E-state index contributed by atoms with van der Waals surface area (Å²) in [6.07, 6.45) is 1.09. The van der Waals surface area contributed by atoms with E-state index in [-0.39, 0.29) is 23.4 Å². The lowest BCUT2D eigenvalue weighted by molar-refractivity contribution is -0.140. The molecule has 0 bridgehead atoms. The Kier molecular flexibility index (Phi) is 11.2. The Morgan fingerprint density at radius 1 is 0.950 bits per heavy atom. The molecule has 0 aliphatic carbocycles. The number of halogens is 1. The minimum atomic E-state index is -4.11. The maximum Gasteiger partial charge on any atom is 0.264 e. The molecular weight excluding hydrogens is 594 g/mol. The SMILES string of the molecule is CC[C@H](C(=O)N[C@@H](C)CC)N(Cc1ccc(OC)cc1)C(=O)CN(c1cccc(Br)c1)S(=O)(=O)c1ccccc1. The first-order valence-corrected chi connectivity index (χ1v) is 15.4. The van der Waals surface area contributed by atoms with Crippen LogP contribution < -0.4 is 14.4 Å². The Morgan fingerprint density at radius 3 is 2.20 bits per heavy atom. The molecule has 0 aromatic heterocycles. The molecule has 0 saturated carbocycles. The quantitative estimate of drug-likeness (QED) is 0.274. The highest BCUT2D eigenvalue weighted by Crippen LogP contribution is 2.27. The summed E-state index contributed by atoms with van der Waals surface area (Å²) in [4.78, 5) is 28.9. The summed E-state index contributed by atoms with van der Waals surface area (Å²) >= 11 is 3.41. The molecule has 1 N–H and O–H groups in total. The molecule has 3 rings (SSSR count). The minimum Gasteiger partial charge on any atom is -0.497 e. The van der Waals surface area contributed by atoms with Gasteiger partial charge in [-0.1, -0.05) is 66.2 Å². The van der Waals surface area contributed by atoms with Crippen LogP contribution in [0.1, 0.15) is 39.2 Å². The van der Waals surface area contributed by atoms with Crippen LogP contribution in [0.5, 0.6) is 5.75 Å². The van der Waals surface area contributed by atoms with Crippen molar-refractivity contribution < 1.29 is 22.7 Å². The van der Waals surface area contributed by atoms with Crippen molar-refractivity contribution in [3.63, 3.8) is 0 Å². The van der Waals surface area contributed by atoms with Crippen LogP contribution in [-0.2, 0) is 26.2 Å². The van der Waals surface area contributed by atoms with Crippen molar-refractivity contribution in [3.8, 4) is 5.75 Å². The summed E-state index contributed by atoms with van der Waals surface area (Å²) in [5, 5.41) is 2.98. The lowest BCUT2D eigenvalue weighted by Gasteiger charge is -2.33. The van der Waals surface area contributed by atoms with Crippen LogP contribution in [0, 0.1) is 0 Å². The predicted molar refractivity (Wildman–Crippen MR) is 161 cm³/mol. The van der Waals surface area contributed by atoms with Gasteiger partial charge < -0.3 is 15.0 Å². The largest absolute Gasteiger partial charge is 0.497 e. The number of amides is 2. The highest BCUT2D eigenvalue weighted by molar-refractivity contribution is 9.10. The average Bonchev–Trinajstić information content (AvgIpc) is 2.96. The number of benzene rings is 3. The zero-order valence-corrected chi connectivity index (χ0v) is 25.6. The van der Waals surface area contributed by atoms with Crippen LogP contribution in [0.4, 0.5) is 5.69 Å². The topological polar surface area (TPSA) is 96.0 Å². The Labute approximate surface area is 245 Å². The van der Waals surface area contributed by atoms with Gasteiger partial charge in [-0.3, -0.25) is 13.9 Å². The fourth-order valence-corrected chi connectivity index (χ4v) is 5.98. The average molecular weight is 631 g/mol. The maximum absolute atomic E-state index is 14.1. The molecule has 0 aliphatic rings. The van der Waals surface area contributed by atoms with Crippen molar-refractivity contribution in [2.75, 3.05) is 18.0 Å². The Morgan fingerprint density at radius 2 is 1.62 bits per heavy atom. The van der Waals surface area contributed by atoms with Gasteiger partial charge in [-0.2, -0.15) is 0 Å². The molecule has 2 atom stereocenters. The molecule has 0 radical (unpaired) electrons. The molecule has 2 amide bonds. The Hall–Kier alpha value is -3.37. The maximum atomic E-state index is 14.1. The second-order valence-corrected chi connectivity index (χ2v) is 12.2. The number of carbonyl (C=O) groups excluding carboxylic acids is 2. The minimum absolute atomic E-state index is 0.0611. The summed E-state index contributed by atoms with van der Waals surface area (Å²) in [7, 11) is -2.54. The summed E-state index contributed by atoms with van der Waals surface area (Å²) in [6, 6.07) is 21.1. The number of ether oxygens (including phenoxy) is 1. The monoisotopic (exact) mass is 629 g/mol. The van der Waals surface area contributed by atoms with Crippen molar-refractivity contribution in [1.82, 2.24) is 10.2 Å². The van der Waals surface area contributed by atoms with Crippen LogP contribution >= 0.6 is 15.9 Å². The second kappa shape index (κ2) is 14.3. The van der Waals surface area contributed by atoms with Crippen LogP contribution in [-0.4, -0.2) is 50.9 Å². The predicted octanol–water partition coefficient (Wildman–Crippen LogP) is 5.38. The van der Waals surface area contributed by atoms with Gasteiger partial charge in [0.1, 0.15) is 18.3 Å². The van der Waals surface area contributed by atoms with Gasteiger partial charge in [0.2, 0.25) is 11.8 Å². The van der Waals surface area contributed by atoms with Gasteiger partial charge in [0, 0.05) is 17.1 Å². The number of rotatable bonds is 13. The van der Waals surface area contributed by atoms with Gasteiger partial charge >= 0.3 is 0 Å². The van der Waals surface area contributed by atoms with Crippen molar-refractivity contribution >= 4 is 43.5 Å². The number of hydrogen-bond donors (Lipinski definition) is 1. The first-order valence-electron chi connectivity index (χ1n) is 13.2. The van der Waals surface area contributed by atoms with Gasteiger partial charge in [-0.25, -0.2) is 8.42 Å². The summed E-state index contributed by atoms with van der Waals surface area (Å²) in [6.45, 7) is 5.34. The van der Waals surface area contributed by atoms with E-state index in [9.17, 15) is 18.0 Å². The smallest absolute Gasteiger partial charge is 0.264 e. The van der Waals surface area contributed by atoms with Gasteiger partial charge in [0.05, 0.1) is 17.7 Å². The van der Waals surface area contributed by atoms with Crippen LogP contribution in [0.15, 0.2) is 88.2 Å². The number of anilines is 1. The molecule has 0 saturated heterocycles. The van der Waals surface area contributed by atoms with Crippen molar-refractivity contribution in [3.05, 3.63) is 88.9 Å². The van der Waals surface area contributed by atoms with E-state index in [1.54, 1.807) is 61.7 Å². The normalized spacial score (nSPS) is 12.7. The number of nitrogens with zero attached hydrogens (tertiary/aromatic N) is 2. The third kappa shape index (κ3) is 7.85. The Balaban J connectivity index is 2.04. The number of methoxy groups -OCH3 is 1. The van der Waals surface area contributed by atoms with E-state index in [1.807, 2.05) is 32.9 Å². The van der Waals surface area contributed by atoms with Crippen molar-refractivity contribution in [2.24, 2.45) is 0 Å². The van der Waals surface area contributed by atoms with E-state index in [0.717, 1.165) is 16.3 Å². The fourth-order valence-electron chi connectivity index (χ4n) is 4.17.